The molecule has 0 fully saturated rings. The molecule has 3 aromatic carbocycles. The molecule has 4 aromatic rings. The van der Waals surface area contributed by atoms with Gasteiger partial charge in [-0.15, -0.1) is 0 Å². The zero-order valence-electron chi connectivity index (χ0n) is 19.4. The molecule has 5 rings (SSSR count). The van der Waals surface area contributed by atoms with Crippen LogP contribution in [0.4, 0.5) is 5.69 Å². The van der Waals surface area contributed by atoms with Crippen LogP contribution in [-0.2, 0) is 9.59 Å². The fourth-order valence-electron chi connectivity index (χ4n) is 4.30. The van der Waals surface area contributed by atoms with Gasteiger partial charge in [0.25, 0.3) is 5.91 Å². The van der Waals surface area contributed by atoms with Gasteiger partial charge in [0.1, 0.15) is 17.1 Å². The van der Waals surface area contributed by atoms with Crippen LogP contribution in [-0.4, -0.2) is 29.9 Å². The third-order valence-electron chi connectivity index (χ3n) is 5.89. The molecule has 8 nitrogen and oxygen atoms in total. The van der Waals surface area contributed by atoms with Gasteiger partial charge < -0.3 is 19.0 Å². The predicted octanol–water partition coefficient (Wildman–Crippen LogP) is 5.15. The SMILES string of the molecule is COc1ccc(N2C(=O)C(O)=C(C(=O)c3cc4ccccc4o3)C2c2cccc(OC(C)=O)c2)cc1. The highest BCUT2D eigenvalue weighted by molar-refractivity contribution is 6.20. The summed E-state index contributed by atoms with van der Waals surface area (Å²) in [6.45, 7) is 1.28. The minimum Gasteiger partial charge on any atom is -0.503 e. The third kappa shape index (κ3) is 3.98. The molecule has 0 spiro atoms. The van der Waals surface area contributed by atoms with Crippen molar-refractivity contribution in [2.45, 2.75) is 13.0 Å². The van der Waals surface area contributed by atoms with Crippen molar-refractivity contribution in [1.82, 2.24) is 0 Å². The Morgan fingerprint density at radius 3 is 2.39 bits per heavy atom. The van der Waals surface area contributed by atoms with Crippen LogP contribution >= 0.6 is 0 Å². The van der Waals surface area contributed by atoms with Crippen LogP contribution in [0.25, 0.3) is 11.0 Å². The van der Waals surface area contributed by atoms with E-state index in [2.05, 4.69) is 0 Å². The summed E-state index contributed by atoms with van der Waals surface area (Å²) in [5.74, 6) is -1.77. The van der Waals surface area contributed by atoms with Gasteiger partial charge in [0.05, 0.1) is 18.7 Å². The van der Waals surface area contributed by atoms with Crippen molar-refractivity contribution in [1.29, 1.82) is 0 Å². The lowest BCUT2D eigenvalue weighted by Crippen LogP contribution is -2.31. The number of anilines is 1. The number of ether oxygens (including phenoxy) is 2. The van der Waals surface area contributed by atoms with E-state index in [0.29, 0.717) is 28.0 Å². The number of carbonyl (C=O) groups excluding carboxylic acids is 3. The summed E-state index contributed by atoms with van der Waals surface area (Å²) in [6.07, 6.45) is 0. The van der Waals surface area contributed by atoms with Crippen LogP contribution in [0.3, 0.4) is 0 Å². The number of esters is 1. The summed E-state index contributed by atoms with van der Waals surface area (Å²) < 4.78 is 16.2. The monoisotopic (exact) mass is 483 g/mol. The molecule has 2 heterocycles. The maximum atomic E-state index is 13.7. The van der Waals surface area contributed by atoms with Gasteiger partial charge in [-0.1, -0.05) is 30.3 Å². The Balaban J connectivity index is 1.65. The number of ketones is 1. The average Bonchev–Trinajstić information content (AvgIpc) is 3.43. The van der Waals surface area contributed by atoms with Crippen molar-refractivity contribution in [3.8, 4) is 11.5 Å². The van der Waals surface area contributed by atoms with Gasteiger partial charge in [0.15, 0.2) is 11.5 Å². The second kappa shape index (κ2) is 9.07. The highest BCUT2D eigenvalue weighted by Gasteiger charge is 2.45. The largest absolute Gasteiger partial charge is 0.503 e. The number of aliphatic hydroxyl groups is 1. The number of fused-ring (bicyclic) bond motifs is 1. The Morgan fingerprint density at radius 1 is 0.944 bits per heavy atom. The number of benzene rings is 3. The number of hydrogen-bond donors (Lipinski definition) is 1. The molecule has 1 amide bonds. The molecule has 1 aromatic heterocycles. The highest BCUT2D eigenvalue weighted by atomic mass is 16.5. The smallest absolute Gasteiger partial charge is 0.308 e. The number of methoxy groups -OCH3 is 1. The van der Waals surface area contributed by atoms with Crippen LogP contribution in [0.1, 0.15) is 29.1 Å². The first-order valence-electron chi connectivity index (χ1n) is 11.1. The Bertz CT molecular complexity index is 1500. The van der Waals surface area contributed by atoms with Crippen molar-refractivity contribution in [2.24, 2.45) is 0 Å². The normalized spacial score (nSPS) is 15.4. The van der Waals surface area contributed by atoms with Gasteiger partial charge in [-0.05, 0) is 54.1 Å². The van der Waals surface area contributed by atoms with Crippen molar-refractivity contribution in [3.63, 3.8) is 0 Å². The van der Waals surface area contributed by atoms with Crippen LogP contribution in [0.2, 0.25) is 0 Å². The fraction of sp³-hybridized carbons (Fsp3) is 0.107. The molecule has 0 radical (unpaired) electrons. The summed E-state index contributed by atoms with van der Waals surface area (Å²) in [7, 11) is 1.52. The van der Waals surface area contributed by atoms with E-state index in [1.54, 1.807) is 72.8 Å². The van der Waals surface area contributed by atoms with Crippen molar-refractivity contribution in [2.75, 3.05) is 12.0 Å². The second-order valence-corrected chi connectivity index (χ2v) is 8.18. The zero-order valence-corrected chi connectivity index (χ0v) is 19.4. The minimum atomic E-state index is -1.01. The van der Waals surface area contributed by atoms with Gasteiger partial charge >= 0.3 is 5.97 Å². The van der Waals surface area contributed by atoms with E-state index in [1.807, 2.05) is 6.07 Å². The number of Topliss-reactive ketones (excluding diaryl/α,β-unsaturated/α-hetero) is 1. The van der Waals surface area contributed by atoms with Crippen molar-refractivity contribution >= 4 is 34.3 Å². The first-order chi connectivity index (χ1) is 17.4. The number of para-hydroxylation sites is 1. The minimum absolute atomic E-state index is 0.0109. The molecule has 0 bridgehead atoms. The second-order valence-electron chi connectivity index (χ2n) is 8.18. The summed E-state index contributed by atoms with van der Waals surface area (Å²) >= 11 is 0. The number of nitrogens with zero attached hydrogens (tertiary/aromatic N) is 1. The molecule has 180 valence electrons. The van der Waals surface area contributed by atoms with E-state index in [1.165, 1.54) is 18.9 Å². The number of aliphatic hydroxyl groups excluding tert-OH is 1. The molecule has 8 heteroatoms. The van der Waals surface area contributed by atoms with Gasteiger partial charge in [-0.2, -0.15) is 0 Å². The summed E-state index contributed by atoms with van der Waals surface area (Å²) in [4.78, 5) is 39.9. The van der Waals surface area contributed by atoms with Gasteiger partial charge in [-0.3, -0.25) is 19.3 Å². The summed E-state index contributed by atoms with van der Waals surface area (Å²) in [5, 5.41) is 11.7. The van der Waals surface area contributed by atoms with Gasteiger partial charge in [-0.25, -0.2) is 0 Å². The maximum absolute atomic E-state index is 13.7. The predicted molar refractivity (Wildman–Crippen MR) is 131 cm³/mol. The Labute approximate surface area is 206 Å². The molecule has 1 aliphatic heterocycles. The summed E-state index contributed by atoms with van der Waals surface area (Å²) in [5.41, 5.74) is 1.25. The molecular weight excluding hydrogens is 462 g/mol. The van der Waals surface area contributed by atoms with Crippen LogP contribution in [0, 0.1) is 0 Å². The number of amides is 1. The number of hydrogen-bond acceptors (Lipinski definition) is 7. The molecule has 0 saturated heterocycles. The molecule has 0 aliphatic carbocycles. The van der Waals surface area contributed by atoms with Gasteiger partial charge in [0.2, 0.25) is 5.78 Å². The lowest BCUT2D eigenvalue weighted by Gasteiger charge is -2.27. The van der Waals surface area contributed by atoms with E-state index < -0.39 is 29.5 Å². The average molecular weight is 483 g/mol. The van der Waals surface area contributed by atoms with Crippen LogP contribution < -0.4 is 14.4 Å². The molecule has 0 saturated carbocycles. The Kier molecular flexibility index (Phi) is 5.77. The number of rotatable bonds is 6. The molecule has 1 N–H and O–H groups in total. The first kappa shape index (κ1) is 22.9. The first-order valence-corrected chi connectivity index (χ1v) is 11.1. The van der Waals surface area contributed by atoms with E-state index >= 15 is 0 Å². The third-order valence-corrected chi connectivity index (χ3v) is 5.89. The fourth-order valence-corrected chi connectivity index (χ4v) is 4.30. The lowest BCUT2D eigenvalue weighted by atomic mass is 9.94. The van der Waals surface area contributed by atoms with E-state index in [-0.39, 0.29) is 17.1 Å². The Hall–Kier alpha value is -4.85. The van der Waals surface area contributed by atoms with Crippen LogP contribution in [0.15, 0.2) is 94.6 Å². The quantitative estimate of drug-likeness (QED) is 0.230. The van der Waals surface area contributed by atoms with E-state index in [9.17, 15) is 19.5 Å². The highest BCUT2D eigenvalue weighted by Crippen LogP contribution is 2.43. The van der Waals surface area contributed by atoms with Gasteiger partial charge in [0, 0.05) is 18.0 Å². The van der Waals surface area contributed by atoms with E-state index in [4.69, 9.17) is 13.9 Å². The molecular formula is C28H21NO7. The molecule has 36 heavy (non-hydrogen) atoms. The Morgan fingerprint density at radius 2 is 1.69 bits per heavy atom. The standard InChI is InChI=1S/C28H21NO7/c1-16(30)35-21-8-5-7-18(14-21)25-24(26(31)23-15-17-6-3-4-9-22(17)36-23)27(32)28(33)29(25)19-10-12-20(34-2)13-11-19/h3-15,25,32H,1-2H3. The molecule has 1 unspecified atom stereocenters. The zero-order chi connectivity index (χ0) is 25.4. The number of furan rings is 1. The topological polar surface area (TPSA) is 106 Å². The lowest BCUT2D eigenvalue weighted by molar-refractivity contribution is -0.131. The van der Waals surface area contributed by atoms with Crippen molar-refractivity contribution in [3.05, 3.63) is 102 Å². The maximum Gasteiger partial charge on any atom is 0.308 e. The molecule has 1 atom stereocenters. The summed E-state index contributed by atoms with van der Waals surface area (Å²) in [6, 6.07) is 20.8. The van der Waals surface area contributed by atoms with Crippen molar-refractivity contribution < 1.29 is 33.4 Å². The molecule has 1 aliphatic rings. The van der Waals surface area contributed by atoms with E-state index in [0.717, 1.165) is 0 Å². The number of carbonyl (C=O) groups is 3. The van der Waals surface area contributed by atoms with Crippen LogP contribution in [0.5, 0.6) is 11.5 Å².